The Kier molecular flexibility index (Phi) is 2.51. The van der Waals surface area contributed by atoms with Gasteiger partial charge in [-0.3, -0.25) is 0 Å². The van der Waals surface area contributed by atoms with Gasteiger partial charge >= 0.3 is 0 Å². The van der Waals surface area contributed by atoms with Crippen molar-refractivity contribution in [1.29, 1.82) is 0 Å². The maximum atomic E-state index is 13.5. The van der Waals surface area contributed by atoms with Gasteiger partial charge in [-0.1, -0.05) is 30.7 Å². The molecule has 1 aliphatic carbocycles. The monoisotopic (exact) mass is 166 g/mol. The van der Waals surface area contributed by atoms with E-state index in [4.69, 9.17) is 0 Å². The largest absolute Gasteiger partial charge is 0.235 e. The van der Waals surface area contributed by atoms with Crippen LogP contribution in [0, 0.1) is 5.92 Å². The molecule has 0 spiro atoms. The number of hydrogen-bond donors (Lipinski definition) is 0. The van der Waals surface area contributed by atoms with Crippen molar-refractivity contribution >= 4 is 0 Å². The summed E-state index contributed by atoms with van der Waals surface area (Å²) in [5, 5.41) is 0. The first kappa shape index (κ1) is 9.24. The SMILES string of the molecule is CC1=C/C(C)/C=C\C(C)(F)/C=C\1. The molecule has 0 aromatic rings. The number of rotatable bonds is 0. The molecule has 0 aliphatic heterocycles. The normalized spacial score (nSPS) is 45.3. The van der Waals surface area contributed by atoms with E-state index in [1.165, 1.54) is 0 Å². The van der Waals surface area contributed by atoms with Gasteiger partial charge in [0.2, 0.25) is 0 Å². The molecule has 1 rings (SSSR count). The topological polar surface area (TPSA) is 0 Å². The molecular formula is C11H15F. The van der Waals surface area contributed by atoms with Gasteiger partial charge in [0, 0.05) is 0 Å². The lowest BCUT2D eigenvalue weighted by atomic mass is 9.98. The molecule has 0 nitrogen and oxygen atoms in total. The maximum Gasteiger partial charge on any atom is 0.144 e. The second kappa shape index (κ2) is 3.26. The molecule has 0 aromatic heterocycles. The zero-order valence-electron chi connectivity index (χ0n) is 7.84. The van der Waals surface area contributed by atoms with Crippen LogP contribution < -0.4 is 0 Å². The van der Waals surface area contributed by atoms with E-state index >= 15 is 0 Å². The van der Waals surface area contributed by atoms with Crippen molar-refractivity contribution in [2.75, 3.05) is 0 Å². The second-order valence-electron chi connectivity index (χ2n) is 3.61. The lowest BCUT2D eigenvalue weighted by molar-refractivity contribution is 0.326. The third-order valence-corrected chi connectivity index (χ3v) is 1.92. The molecule has 2 unspecified atom stereocenters. The van der Waals surface area contributed by atoms with Crippen molar-refractivity contribution in [3.8, 4) is 0 Å². The fraction of sp³-hybridized carbons (Fsp3) is 0.455. The van der Waals surface area contributed by atoms with Crippen LogP contribution in [0.15, 0.2) is 36.0 Å². The Labute approximate surface area is 73.5 Å². The van der Waals surface area contributed by atoms with Gasteiger partial charge in [-0.05, 0) is 31.9 Å². The first-order valence-electron chi connectivity index (χ1n) is 4.25. The van der Waals surface area contributed by atoms with Crippen molar-refractivity contribution in [2.24, 2.45) is 5.92 Å². The quantitative estimate of drug-likeness (QED) is 0.484. The van der Waals surface area contributed by atoms with Crippen molar-refractivity contribution in [1.82, 2.24) is 0 Å². The van der Waals surface area contributed by atoms with Crippen LogP contribution in [0.25, 0.3) is 0 Å². The van der Waals surface area contributed by atoms with Gasteiger partial charge in [-0.15, -0.1) is 0 Å². The molecule has 0 heterocycles. The van der Waals surface area contributed by atoms with Crippen molar-refractivity contribution < 1.29 is 4.39 Å². The summed E-state index contributed by atoms with van der Waals surface area (Å²) in [6.07, 6.45) is 9.04. The number of halogens is 1. The van der Waals surface area contributed by atoms with Crippen LogP contribution in [-0.2, 0) is 0 Å². The summed E-state index contributed by atoms with van der Waals surface area (Å²) in [4.78, 5) is 0. The van der Waals surface area contributed by atoms with Crippen LogP contribution in [-0.4, -0.2) is 5.67 Å². The molecule has 0 saturated carbocycles. The summed E-state index contributed by atoms with van der Waals surface area (Å²) >= 11 is 0. The molecule has 2 atom stereocenters. The summed E-state index contributed by atoms with van der Waals surface area (Å²) < 4.78 is 13.5. The Morgan fingerprint density at radius 3 is 2.75 bits per heavy atom. The lowest BCUT2D eigenvalue weighted by Crippen LogP contribution is -2.11. The second-order valence-corrected chi connectivity index (χ2v) is 3.61. The van der Waals surface area contributed by atoms with Crippen LogP contribution in [0.4, 0.5) is 4.39 Å². The average Bonchev–Trinajstić information content (AvgIpc) is 1.96. The molecule has 0 amide bonds. The van der Waals surface area contributed by atoms with E-state index < -0.39 is 5.67 Å². The highest BCUT2D eigenvalue weighted by atomic mass is 19.1. The molecule has 0 bridgehead atoms. The minimum Gasteiger partial charge on any atom is -0.235 e. The molecule has 66 valence electrons. The zero-order valence-corrected chi connectivity index (χ0v) is 7.84. The van der Waals surface area contributed by atoms with Gasteiger partial charge < -0.3 is 0 Å². The Morgan fingerprint density at radius 1 is 1.42 bits per heavy atom. The van der Waals surface area contributed by atoms with E-state index in [0.717, 1.165) is 5.57 Å². The fourth-order valence-corrected chi connectivity index (χ4v) is 1.22. The van der Waals surface area contributed by atoms with Crippen molar-refractivity contribution in [3.05, 3.63) is 36.0 Å². The van der Waals surface area contributed by atoms with E-state index in [1.54, 1.807) is 19.1 Å². The van der Waals surface area contributed by atoms with Crippen LogP contribution in [0.1, 0.15) is 20.8 Å². The highest BCUT2D eigenvalue weighted by Gasteiger charge is 2.15. The van der Waals surface area contributed by atoms with Crippen LogP contribution in [0.2, 0.25) is 0 Å². The van der Waals surface area contributed by atoms with Gasteiger partial charge in [0.15, 0.2) is 0 Å². The summed E-state index contributed by atoms with van der Waals surface area (Å²) in [6, 6.07) is 0. The Balaban J connectivity index is 2.95. The minimum atomic E-state index is -1.29. The van der Waals surface area contributed by atoms with Crippen LogP contribution >= 0.6 is 0 Å². The number of hydrogen-bond acceptors (Lipinski definition) is 0. The van der Waals surface area contributed by atoms with Crippen LogP contribution in [0.3, 0.4) is 0 Å². The van der Waals surface area contributed by atoms with Crippen molar-refractivity contribution in [2.45, 2.75) is 26.4 Å². The Morgan fingerprint density at radius 2 is 2.08 bits per heavy atom. The summed E-state index contributed by atoms with van der Waals surface area (Å²) in [5.74, 6) is 0.324. The molecule has 1 aliphatic rings. The standard InChI is InChI=1S/C11H15F/c1-9-4-6-11(3,12)7-5-10(2)8-9/h4-9H,1-3H3/b6-4-,7-5-,10-8-. The summed E-state index contributed by atoms with van der Waals surface area (Å²) in [6.45, 7) is 5.60. The van der Waals surface area contributed by atoms with Gasteiger partial charge in [-0.2, -0.15) is 0 Å². The van der Waals surface area contributed by atoms with Crippen molar-refractivity contribution in [3.63, 3.8) is 0 Å². The van der Waals surface area contributed by atoms with E-state index in [0.29, 0.717) is 5.92 Å². The van der Waals surface area contributed by atoms with E-state index in [2.05, 4.69) is 13.0 Å². The average molecular weight is 166 g/mol. The highest BCUT2D eigenvalue weighted by molar-refractivity contribution is 5.27. The molecule has 1 heteroatoms. The molecular weight excluding hydrogens is 151 g/mol. The fourth-order valence-electron chi connectivity index (χ4n) is 1.22. The first-order valence-corrected chi connectivity index (χ1v) is 4.25. The van der Waals surface area contributed by atoms with E-state index in [1.807, 2.05) is 19.1 Å². The maximum absolute atomic E-state index is 13.5. The third-order valence-electron chi connectivity index (χ3n) is 1.92. The minimum absolute atomic E-state index is 0.324. The first-order chi connectivity index (χ1) is 5.49. The summed E-state index contributed by atoms with van der Waals surface area (Å²) in [7, 11) is 0. The van der Waals surface area contributed by atoms with Gasteiger partial charge in [0.25, 0.3) is 0 Å². The smallest absolute Gasteiger partial charge is 0.144 e. The number of alkyl halides is 1. The predicted octanol–water partition coefficient (Wildman–Crippen LogP) is 3.42. The zero-order chi connectivity index (χ0) is 9.19. The molecule has 0 saturated heterocycles. The number of allylic oxidation sites excluding steroid dienone is 6. The molecule has 0 N–H and O–H groups in total. The molecule has 0 aromatic carbocycles. The van der Waals surface area contributed by atoms with Gasteiger partial charge in [0.05, 0.1) is 0 Å². The van der Waals surface area contributed by atoms with E-state index in [-0.39, 0.29) is 0 Å². The summed E-state index contributed by atoms with van der Waals surface area (Å²) in [5.41, 5.74) is -0.167. The van der Waals surface area contributed by atoms with Crippen LogP contribution in [0.5, 0.6) is 0 Å². The molecule has 0 radical (unpaired) electrons. The van der Waals surface area contributed by atoms with Gasteiger partial charge in [0.1, 0.15) is 5.67 Å². The third kappa shape index (κ3) is 2.65. The molecule has 12 heavy (non-hydrogen) atoms. The highest BCUT2D eigenvalue weighted by Crippen LogP contribution is 2.20. The Hall–Kier alpha value is -0.850. The molecule has 0 fully saturated rings. The van der Waals surface area contributed by atoms with E-state index in [9.17, 15) is 4.39 Å². The van der Waals surface area contributed by atoms with Gasteiger partial charge in [-0.25, -0.2) is 4.39 Å². The Bertz CT molecular complexity index is 244. The predicted molar refractivity (Wildman–Crippen MR) is 50.7 cm³/mol. The lowest BCUT2D eigenvalue weighted by Gasteiger charge is -2.13.